The summed E-state index contributed by atoms with van der Waals surface area (Å²) >= 11 is 0. The third-order valence-electron chi connectivity index (χ3n) is 2.23. The molecule has 0 atom stereocenters. The predicted octanol–water partition coefficient (Wildman–Crippen LogP) is 0.219. The van der Waals surface area contributed by atoms with E-state index in [0.29, 0.717) is 24.7 Å². The Labute approximate surface area is 104 Å². The van der Waals surface area contributed by atoms with Crippen LogP contribution in [0.1, 0.15) is 5.82 Å². The van der Waals surface area contributed by atoms with E-state index in [4.69, 9.17) is 15.2 Å². The van der Waals surface area contributed by atoms with E-state index in [2.05, 4.69) is 15.4 Å². The summed E-state index contributed by atoms with van der Waals surface area (Å²) in [6.45, 7) is 1.29. The Morgan fingerprint density at radius 2 is 2.17 bits per heavy atom. The van der Waals surface area contributed by atoms with Crippen LogP contribution in [-0.4, -0.2) is 33.9 Å². The summed E-state index contributed by atoms with van der Waals surface area (Å²) < 4.78 is 10.6. The Morgan fingerprint density at radius 1 is 1.33 bits per heavy atom. The van der Waals surface area contributed by atoms with E-state index in [9.17, 15) is 0 Å². The molecule has 0 saturated carbocycles. The summed E-state index contributed by atoms with van der Waals surface area (Å²) in [5.41, 5.74) is 5.39. The Morgan fingerprint density at radius 3 is 2.94 bits per heavy atom. The van der Waals surface area contributed by atoms with Gasteiger partial charge < -0.3 is 15.2 Å². The van der Waals surface area contributed by atoms with Gasteiger partial charge in [0.1, 0.15) is 11.5 Å². The minimum Gasteiger partial charge on any atom is -0.497 e. The van der Waals surface area contributed by atoms with Gasteiger partial charge in [-0.25, -0.2) is 0 Å². The number of ether oxygens (including phenoxy) is 2. The second-order valence-corrected chi connectivity index (χ2v) is 3.56. The van der Waals surface area contributed by atoms with Crippen molar-refractivity contribution in [2.24, 2.45) is 5.73 Å². The molecule has 2 N–H and O–H groups in total. The number of hydrogen-bond donors (Lipinski definition) is 1. The Hall–Kier alpha value is -2.15. The molecule has 0 fully saturated rings. The lowest BCUT2D eigenvalue weighted by atomic mass is 10.3. The lowest BCUT2D eigenvalue weighted by Crippen LogP contribution is -2.12. The molecule has 0 spiro atoms. The quantitative estimate of drug-likeness (QED) is 0.787. The average Bonchev–Trinajstić information content (AvgIpc) is 2.85. The van der Waals surface area contributed by atoms with Gasteiger partial charge in [0.05, 0.1) is 13.7 Å². The van der Waals surface area contributed by atoms with Gasteiger partial charge in [-0.1, -0.05) is 6.07 Å². The van der Waals surface area contributed by atoms with Crippen molar-refractivity contribution in [3.63, 3.8) is 0 Å². The van der Waals surface area contributed by atoms with E-state index < -0.39 is 0 Å². The van der Waals surface area contributed by atoms with Crippen LogP contribution in [0.2, 0.25) is 0 Å². The minimum atomic E-state index is 0.262. The molecule has 0 aliphatic heterocycles. The van der Waals surface area contributed by atoms with Crippen LogP contribution in [-0.2, 0) is 13.2 Å². The largest absolute Gasteiger partial charge is 0.497 e. The van der Waals surface area contributed by atoms with Crippen LogP contribution in [0.25, 0.3) is 0 Å². The van der Waals surface area contributed by atoms with E-state index in [1.54, 1.807) is 13.2 Å². The summed E-state index contributed by atoms with van der Waals surface area (Å²) in [5.74, 6) is 1.96. The van der Waals surface area contributed by atoms with Crippen LogP contribution in [0, 0.1) is 0 Å². The molecule has 1 aromatic carbocycles. The second-order valence-electron chi connectivity index (χ2n) is 3.56. The van der Waals surface area contributed by atoms with E-state index in [-0.39, 0.29) is 6.61 Å². The third kappa shape index (κ3) is 3.17. The lowest BCUT2D eigenvalue weighted by Gasteiger charge is -2.05. The van der Waals surface area contributed by atoms with Crippen molar-refractivity contribution in [1.29, 1.82) is 0 Å². The van der Waals surface area contributed by atoms with E-state index >= 15 is 0 Å². The summed E-state index contributed by atoms with van der Waals surface area (Å²) in [6, 6.07) is 7.34. The lowest BCUT2D eigenvalue weighted by molar-refractivity contribution is 0.293. The van der Waals surface area contributed by atoms with Gasteiger partial charge in [0, 0.05) is 12.6 Å². The minimum absolute atomic E-state index is 0.262. The maximum atomic E-state index is 5.54. The summed E-state index contributed by atoms with van der Waals surface area (Å²) in [4.78, 5) is 1.45. The van der Waals surface area contributed by atoms with Gasteiger partial charge in [-0.2, -0.15) is 4.80 Å². The van der Waals surface area contributed by atoms with Gasteiger partial charge in [-0.3, -0.25) is 0 Å². The SMILES string of the molecule is COc1cccc(OCc2nnn(CCN)n2)c1. The van der Waals surface area contributed by atoms with Crippen LogP contribution < -0.4 is 15.2 Å². The van der Waals surface area contributed by atoms with Gasteiger partial charge in [0.2, 0.25) is 5.82 Å². The maximum absolute atomic E-state index is 5.54. The Balaban J connectivity index is 1.93. The molecule has 1 aromatic heterocycles. The standard InChI is InChI=1S/C11H15N5O2/c1-17-9-3-2-4-10(7-9)18-8-11-13-15-16(14-11)6-5-12/h2-4,7H,5-6,8,12H2,1H3. The van der Waals surface area contributed by atoms with Crippen LogP contribution in [0.4, 0.5) is 0 Å². The highest BCUT2D eigenvalue weighted by atomic mass is 16.5. The number of benzene rings is 1. The monoisotopic (exact) mass is 249 g/mol. The second kappa shape index (κ2) is 5.97. The van der Waals surface area contributed by atoms with Crippen LogP contribution in [0.5, 0.6) is 11.5 Å². The predicted molar refractivity (Wildman–Crippen MR) is 64.2 cm³/mol. The molecule has 0 amide bonds. The zero-order valence-electron chi connectivity index (χ0n) is 10.1. The van der Waals surface area contributed by atoms with Crippen molar-refractivity contribution in [3.8, 4) is 11.5 Å². The average molecular weight is 249 g/mol. The first-order valence-corrected chi connectivity index (χ1v) is 5.55. The topological polar surface area (TPSA) is 88.1 Å². The van der Waals surface area contributed by atoms with Gasteiger partial charge in [0.15, 0.2) is 6.61 Å². The molecule has 2 aromatic rings. The summed E-state index contributed by atoms with van der Waals surface area (Å²) in [6.07, 6.45) is 0. The van der Waals surface area contributed by atoms with Crippen molar-refractivity contribution in [2.45, 2.75) is 13.2 Å². The fourth-order valence-corrected chi connectivity index (χ4v) is 1.38. The zero-order chi connectivity index (χ0) is 12.8. The molecule has 0 unspecified atom stereocenters. The first-order valence-electron chi connectivity index (χ1n) is 5.55. The summed E-state index contributed by atoms with van der Waals surface area (Å²) in [7, 11) is 1.61. The number of nitrogens with two attached hydrogens (primary N) is 1. The highest BCUT2D eigenvalue weighted by Gasteiger charge is 2.03. The number of rotatable bonds is 6. The van der Waals surface area contributed by atoms with Gasteiger partial charge in [-0.15, -0.1) is 10.2 Å². The molecule has 0 aliphatic carbocycles. The van der Waals surface area contributed by atoms with Gasteiger partial charge in [0.25, 0.3) is 0 Å². The smallest absolute Gasteiger partial charge is 0.212 e. The molecule has 0 saturated heterocycles. The molecule has 0 bridgehead atoms. The number of tetrazole rings is 1. The third-order valence-corrected chi connectivity index (χ3v) is 2.23. The fraction of sp³-hybridized carbons (Fsp3) is 0.364. The molecular weight excluding hydrogens is 234 g/mol. The molecular formula is C11H15N5O2. The molecule has 96 valence electrons. The molecule has 7 nitrogen and oxygen atoms in total. The Kier molecular flexibility index (Phi) is 4.08. The van der Waals surface area contributed by atoms with Gasteiger partial charge in [-0.05, 0) is 17.3 Å². The molecule has 0 radical (unpaired) electrons. The van der Waals surface area contributed by atoms with Gasteiger partial charge >= 0.3 is 0 Å². The first-order chi connectivity index (χ1) is 8.81. The number of hydrogen-bond acceptors (Lipinski definition) is 6. The van der Waals surface area contributed by atoms with Crippen molar-refractivity contribution in [1.82, 2.24) is 20.2 Å². The zero-order valence-corrected chi connectivity index (χ0v) is 10.1. The molecule has 18 heavy (non-hydrogen) atoms. The molecule has 0 aliphatic rings. The highest BCUT2D eigenvalue weighted by Crippen LogP contribution is 2.19. The summed E-state index contributed by atoms with van der Waals surface area (Å²) in [5, 5.41) is 11.8. The van der Waals surface area contributed by atoms with E-state index in [0.717, 1.165) is 5.75 Å². The fourth-order valence-electron chi connectivity index (χ4n) is 1.38. The molecule has 2 rings (SSSR count). The van der Waals surface area contributed by atoms with Crippen LogP contribution in [0.3, 0.4) is 0 Å². The number of aromatic nitrogens is 4. The first kappa shape index (κ1) is 12.3. The number of nitrogens with zero attached hydrogens (tertiary/aromatic N) is 4. The van der Waals surface area contributed by atoms with Crippen molar-refractivity contribution >= 4 is 0 Å². The van der Waals surface area contributed by atoms with E-state index in [1.165, 1.54) is 4.80 Å². The Bertz CT molecular complexity index is 500. The highest BCUT2D eigenvalue weighted by molar-refractivity contribution is 5.32. The van der Waals surface area contributed by atoms with E-state index in [1.807, 2.05) is 18.2 Å². The van der Waals surface area contributed by atoms with Crippen LogP contribution in [0.15, 0.2) is 24.3 Å². The van der Waals surface area contributed by atoms with Crippen molar-refractivity contribution < 1.29 is 9.47 Å². The maximum Gasteiger partial charge on any atom is 0.212 e. The van der Waals surface area contributed by atoms with Crippen LogP contribution >= 0.6 is 0 Å². The number of methoxy groups -OCH3 is 1. The normalized spacial score (nSPS) is 10.3. The van der Waals surface area contributed by atoms with Crippen molar-refractivity contribution in [2.75, 3.05) is 13.7 Å². The molecule has 1 heterocycles. The molecule has 7 heteroatoms. The van der Waals surface area contributed by atoms with Crippen molar-refractivity contribution in [3.05, 3.63) is 30.1 Å².